The number of hydrogen-bond donors (Lipinski definition) is 2. The zero-order chi connectivity index (χ0) is 32.6. The molecule has 0 atom stereocenters. The number of amides is 2. The summed E-state index contributed by atoms with van der Waals surface area (Å²) in [5.74, 6) is -0.476. The van der Waals surface area contributed by atoms with Crippen LogP contribution in [0.3, 0.4) is 0 Å². The van der Waals surface area contributed by atoms with Gasteiger partial charge in [0.25, 0.3) is 11.6 Å². The van der Waals surface area contributed by atoms with Crippen molar-refractivity contribution in [2.75, 3.05) is 31.5 Å². The Balaban J connectivity index is 1.17. The van der Waals surface area contributed by atoms with Crippen molar-refractivity contribution in [1.29, 1.82) is 0 Å². The fraction of sp³-hybridized carbons (Fsp3) is 0.469. The number of nitrogens with zero attached hydrogens (tertiary/aromatic N) is 4. The molecule has 13 heteroatoms. The number of nitro groups is 1. The Bertz CT molecular complexity index is 1460. The molecule has 0 aliphatic carbocycles. The van der Waals surface area contributed by atoms with Crippen LogP contribution in [-0.4, -0.2) is 57.6 Å². The molecule has 3 aromatic rings. The minimum atomic E-state index is -4.87. The Morgan fingerprint density at radius 3 is 2.38 bits per heavy atom. The standard InChI is InChI=1S/C32H39F3N6O4/c1-22(2)30(42)38-25-9-7-8-24(20-25)23-14-18-39(19-15-23)17-6-4-3-5-16-36-31(43)28-21-37-40(29(28)32(33,34)35)26-10-12-27(13-11-26)41(44)45/h7-13,20-23H,3-6,14-19H2,1-2H3,(H,36,43)(H,38,42). The first-order chi connectivity index (χ1) is 21.4. The van der Waals surface area contributed by atoms with Gasteiger partial charge in [-0.2, -0.15) is 18.3 Å². The third kappa shape index (κ3) is 9.13. The fourth-order valence-electron chi connectivity index (χ4n) is 5.46. The first kappa shape index (κ1) is 33.6. The molecule has 2 N–H and O–H groups in total. The molecule has 1 fully saturated rings. The van der Waals surface area contributed by atoms with E-state index in [1.165, 1.54) is 5.56 Å². The van der Waals surface area contributed by atoms with E-state index in [1.54, 1.807) is 0 Å². The maximum absolute atomic E-state index is 13.9. The number of nitro benzene ring substituents is 1. The lowest BCUT2D eigenvalue weighted by Crippen LogP contribution is -2.33. The van der Waals surface area contributed by atoms with Crippen LogP contribution in [0, 0.1) is 16.0 Å². The number of non-ortho nitro benzene ring substituents is 1. The molecule has 0 saturated carbocycles. The van der Waals surface area contributed by atoms with Crippen molar-refractivity contribution in [2.24, 2.45) is 5.92 Å². The minimum Gasteiger partial charge on any atom is -0.352 e. The molecular formula is C32H39F3N6O4. The number of hydrogen-bond acceptors (Lipinski definition) is 6. The van der Waals surface area contributed by atoms with Crippen molar-refractivity contribution < 1.29 is 27.7 Å². The van der Waals surface area contributed by atoms with E-state index in [0.29, 0.717) is 17.0 Å². The van der Waals surface area contributed by atoms with Gasteiger partial charge < -0.3 is 15.5 Å². The number of anilines is 1. The third-order valence-corrected chi connectivity index (χ3v) is 8.01. The van der Waals surface area contributed by atoms with Crippen LogP contribution >= 0.6 is 0 Å². The Hall–Kier alpha value is -4.26. The van der Waals surface area contributed by atoms with E-state index in [4.69, 9.17) is 0 Å². The number of rotatable bonds is 13. The van der Waals surface area contributed by atoms with E-state index in [9.17, 15) is 32.9 Å². The molecule has 1 aromatic heterocycles. The summed E-state index contributed by atoms with van der Waals surface area (Å²) < 4.78 is 42.3. The van der Waals surface area contributed by atoms with E-state index < -0.39 is 28.3 Å². The van der Waals surface area contributed by atoms with Gasteiger partial charge >= 0.3 is 6.18 Å². The highest BCUT2D eigenvalue weighted by Crippen LogP contribution is 2.34. The Morgan fingerprint density at radius 2 is 1.73 bits per heavy atom. The van der Waals surface area contributed by atoms with Gasteiger partial charge in [-0.3, -0.25) is 19.7 Å². The number of nitrogens with one attached hydrogen (secondary N) is 2. The second-order valence-corrected chi connectivity index (χ2v) is 11.6. The van der Waals surface area contributed by atoms with Crippen molar-refractivity contribution in [1.82, 2.24) is 20.0 Å². The zero-order valence-electron chi connectivity index (χ0n) is 25.5. The molecule has 0 bridgehead atoms. The van der Waals surface area contributed by atoms with E-state index >= 15 is 0 Å². The Morgan fingerprint density at radius 1 is 1.04 bits per heavy atom. The van der Waals surface area contributed by atoms with Gasteiger partial charge in [0, 0.05) is 30.3 Å². The SMILES string of the molecule is CC(C)C(=O)Nc1cccc(C2CCN(CCCCCCNC(=O)c3cnn(-c4ccc([N+](=O)[O-])cc4)c3C(F)(F)F)CC2)c1. The molecule has 1 aliphatic heterocycles. The van der Waals surface area contributed by atoms with Crippen LogP contribution in [0.25, 0.3) is 5.69 Å². The van der Waals surface area contributed by atoms with Gasteiger partial charge in [-0.05, 0) is 81.1 Å². The number of halogens is 3. The maximum Gasteiger partial charge on any atom is 0.434 e. The number of aromatic nitrogens is 2. The van der Waals surface area contributed by atoms with Crippen molar-refractivity contribution in [3.8, 4) is 5.69 Å². The van der Waals surface area contributed by atoms with E-state index in [2.05, 4.69) is 32.8 Å². The topological polar surface area (TPSA) is 122 Å². The number of likely N-dealkylation sites (tertiary alicyclic amines) is 1. The Labute approximate surface area is 260 Å². The summed E-state index contributed by atoms with van der Waals surface area (Å²) in [6.07, 6.45) is 1.51. The summed E-state index contributed by atoms with van der Waals surface area (Å²) in [6, 6.07) is 12.6. The van der Waals surface area contributed by atoms with Crippen LogP contribution in [0.2, 0.25) is 0 Å². The van der Waals surface area contributed by atoms with Gasteiger partial charge in [-0.1, -0.05) is 38.8 Å². The van der Waals surface area contributed by atoms with Crippen molar-refractivity contribution in [3.63, 3.8) is 0 Å². The molecule has 2 amide bonds. The van der Waals surface area contributed by atoms with Crippen LogP contribution in [0.5, 0.6) is 0 Å². The number of unbranched alkanes of at least 4 members (excludes halogenated alkanes) is 3. The average Bonchev–Trinajstić information content (AvgIpc) is 3.47. The predicted molar refractivity (Wildman–Crippen MR) is 164 cm³/mol. The average molecular weight is 629 g/mol. The van der Waals surface area contributed by atoms with E-state index in [-0.39, 0.29) is 29.7 Å². The van der Waals surface area contributed by atoms with Crippen LogP contribution in [0.15, 0.2) is 54.7 Å². The summed E-state index contributed by atoms with van der Waals surface area (Å²) >= 11 is 0. The Kier molecular flexibility index (Phi) is 11.3. The lowest BCUT2D eigenvalue weighted by atomic mass is 9.89. The highest BCUT2D eigenvalue weighted by atomic mass is 19.4. The van der Waals surface area contributed by atoms with E-state index in [0.717, 1.165) is 87.9 Å². The molecule has 1 aliphatic rings. The first-order valence-corrected chi connectivity index (χ1v) is 15.3. The smallest absolute Gasteiger partial charge is 0.352 e. The first-order valence-electron chi connectivity index (χ1n) is 15.3. The van der Waals surface area contributed by atoms with Gasteiger partial charge in [-0.25, -0.2) is 4.68 Å². The summed E-state index contributed by atoms with van der Waals surface area (Å²) in [7, 11) is 0. The third-order valence-electron chi connectivity index (χ3n) is 8.01. The monoisotopic (exact) mass is 628 g/mol. The number of benzene rings is 2. The van der Waals surface area contributed by atoms with Crippen LogP contribution in [0.4, 0.5) is 24.5 Å². The van der Waals surface area contributed by atoms with Crippen molar-refractivity contribution >= 4 is 23.2 Å². The molecule has 2 aromatic carbocycles. The van der Waals surface area contributed by atoms with Crippen LogP contribution < -0.4 is 10.6 Å². The van der Waals surface area contributed by atoms with Crippen LogP contribution in [-0.2, 0) is 11.0 Å². The number of piperidine rings is 1. The van der Waals surface area contributed by atoms with Crippen molar-refractivity contribution in [2.45, 2.75) is 64.5 Å². The van der Waals surface area contributed by atoms with Gasteiger partial charge in [0.1, 0.15) is 0 Å². The van der Waals surface area contributed by atoms with Gasteiger partial charge in [0.2, 0.25) is 5.91 Å². The quantitative estimate of drug-likeness (QED) is 0.126. The lowest BCUT2D eigenvalue weighted by molar-refractivity contribution is -0.384. The summed E-state index contributed by atoms with van der Waals surface area (Å²) in [5, 5.41) is 20.2. The predicted octanol–water partition coefficient (Wildman–Crippen LogP) is 6.56. The molecule has 0 unspecified atom stereocenters. The summed E-state index contributed by atoms with van der Waals surface area (Å²) in [5.41, 5.74) is -0.0614. The molecule has 242 valence electrons. The second-order valence-electron chi connectivity index (χ2n) is 11.6. The molecular weight excluding hydrogens is 589 g/mol. The van der Waals surface area contributed by atoms with Gasteiger partial charge in [0.05, 0.1) is 22.4 Å². The maximum atomic E-state index is 13.9. The molecule has 1 saturated heterocycles. The van der Waals surface area contributed by atoms with Crippen molar-refractivity contribution in [3.05, 3.63) is 81.7 Å². The largest absolute Gasteiger partial charge is 0.434 e. The normalized spacial score (nSPS) is 14.4. The molecule has 10 nitrogen and oxygen atoms in total. The summed E-state index contributed by atoms with van der Waals surface area (Å²) in [6.45, 7) is 6.95. The summed E-state index contributed by atoms with van der Waals surface area (Å²) in [4.78, 5) is 37.3. The highest BCUT2D eigenvalue weighted by Gasteiger charge is 2.40. The van der Waals surface area contributed by atoms with Gasteiger partial charge in [0.15, 0.2) is 5.69 Å². The number of alkyl halides is 3. The minimum absolute atomic E-state index is 0.00814. The number of carbonyl (C=O) groups is 2. The fourth-order valence-corrected chi connectivity index (χ4v) is 5.46. The molecule has 4 rings (SSSR count). The lowest BCUT2D eigenvalue weighted by Gasteiger charge is -2.32. The molecule has 2 heterocycles. The van der Waals surface area contributed by atoms with Crippen LogP contribution in [0.1, 0.15) is 79.9 Å². The highest BCUT2D eigenvalue weighted by molar-refractivity contribution is 5.95. The molecule has 0 spiro atoms. The van der Waals surface area contributed by atoms with E-state index in [1.807, 2.05) is 26.0 Å². The molecule has 0 radical (unpaired) electrons. The molecule has 45 heavy (non-hydrogen) atoms. The number of carbonyl (C=O) groups excluding carboxylic acids is 2. The zero-order valence-corrected chi connectivity index (χ0v) is 25.5. The van der Waals surface area contributed by atoms with Gasteiger partial charge in [-0.15, -0.1) is 0 Å². The second kappa shape index (κ2) is 15.2.